The number of nitrogens with zero attached hydrogens (tertiary/aromatic N) is 6. The summed E-state index contributed by atoms with van der Waals surface area (Å²) in [7, 11) is 0. The monoisotopic (exact) mass is 548 g/mol. The second-order valence-corrected chi connectivity index (χ2v) is 7.37. The first-order valence-corrected chi connectivity index (χ1v) is 10.0. The average Bonchev–Trinajstić information content (AvgIpc) is 2.76. The van der Waals surface area contributed by atoms with E-state index in [0.29, 0.717) is 5.01 Å². The zero-order valence-electron chi connectivity index (χ0n) is 18.2. The van der Waals surface area contributed by atoms with Crippen LogP contribution in [0.4, 0.5) is 39.5 Å². The van der Waals surface area contributed by atoms with Gasteiger partial charge in [0, 0.05) is 39.3 Å². The molecule has 3 amide bonds. The van der Waals surface area contributed by atoms with Crippen LogP contribution in [-0.4, -0.2) is 118 Å². The molecule has 0 spiro atoms. The van der Waals surface area contributed by atoms with Gasteiger partial charge in [0.25, 0.3) is 0 Å². The maximum absolute atomic E-state index is 12.9. The fourth-order valence-electron chi connectivity index (χ4n) is 3.20. The highest BCUT2D eigenvalue weighted by Gasteiger charge is 2.45. The van der Waals surface area contributed by atoms with Crippen molar-refractivity contribution in [3.8, 4) is 0 Å². The summed E-state index contributed by atoms with van der Waals surface area (Å²) in [5, 5.41) is 23.1. The number of halogens is 9. The van der Waals surface area contributed by atoms with Crippen molar-refractivity contribution in [3.63, 3.8) is 0 Å². The third-order valence-corrected chi connectivity index (χ3v) is 4.88. The van der Waals surface area contributed by atoms with Gasteiger partial charge in [0.05, 0.1) is 18.1 Å². The lowest BCUT2D eigenvalue weighted by Gasteiger charge is -2.31. The third kappa shape index (κ3) is 9.10. The predicted octanol–water partition coefficient (Wildman–Crippen LogP) is 1.52. The van der Waals surface area contributed by atoms with E-state index in [1.54, 1.807) is 0 Å². The zero-order valence-corrected chi connectivity index (χ0v) is 18.2. The molecule has 0 saturated carbocycles. The molecule has 1 aliphatic rings. The Bertz CT molecular complexity index is 818. The molecule has 1 N–H and O–H groups in total. The fraction of sp³-hybridized carbons (Fsp3) is 0.812. The summed E-state index contributed by atoms with van der Waals surface area (Å²) in [6, 6.07) is 0. The van der Waals surface area contributed by atoms with Gasteiger partial charge in [-0.1, -0.05) is 0 Å². The molecular weight excluding hydrogens is 527 g/mol. The van der Waals surface area contributed by atoms with Crippen molar-refractivity contribution >= 4 is 17.7 Å². The molecule has 0 bridgehead atoms. The van der Waals surface area contributed by atoms with Crippen molar-refractivity contribution in [1.82, 2.24) is 19.7 Å². The van der Waals surface area contributed by atoms with Crippen LogP contribution < -0.4 is 0 Å². The number of carbonyl (C=O) groups is 3. The molecule has 0 aromatic carbocycles. The van der Waals surface area contributed by atoms with Gasteiger partial charge < -0.3 is 25.1 Å². The zero-order chi connectivity index (χ0) is 27.9. The van der Waals surface area contributed by atoms with Crippen LogP contribution in [0.1, 0.15) is 12.8 Å². The van der Waals surface area contributed by atoms with Gasteiger partial charge in [0.1, 0.15) is 0 Å². The summed E-state index contributed by atoms with van der Waals surface area (Å²) >= 11 is 0. The van der Waals surface area contributed by atoms with E-state index in [9.17, 15) is 59.1 Å². The van der Waals surface area contributed by atoms with Crippen LogP contribution in [0, 0.1) is 5.21 Å². The summed E-state index contributed by atoms with van der Waals surface area (Å²) < 4.78 is 116. The normalized spacial score (nSPS) is 18.6. The Morgan fingerprint density at radius 1 is 0.611 bits per heavy atom. The molecule has 1 aliphatic heterocycles. The lowest BCUT2D eigenvalue weighted by Crippen LogP contribution is -2.51. The van der Waals surface area contributed by atoms with Crippen LogP contribution in [0.5, 0.6) is 0 Å². The molecule has 0 aliphatic carbocycles. The Morgan fingerprint density at radius 2 is 0.917 bits per heavy atom. The van der Waals surface area contributed by atoms with E-state index in [1.807, 2.05) is 0 Å². The van der Waals surface area contributed by atoms with Gasteiger partial charge in [-0.05, 0) is 12.8 Å². The maximum Gasteiger partial charge on any atom is 0.471 e. The minimum absolute atomic E-state index is 0.0228. The van der Waals surface area contributed by atoms with E-state index in [0.717, 1.165) is 0 Å². The van der Waals surface area contributed by atoms with E-state index in [2.05, 4.69) is 5.28 Å². The Kier molecular flexibility index (Phi) is 10.4. The number of hydrazine groups is 1. The number of hydrogen-bond donors (Lipinski definition) is 1. The van der Waals surface area contributed by atoms with Gasteiger partial charge >= 0.3 is 36.3 Å². The number of rotatable bonds is 1. The highest BCUT2D eigenvalue weighted by atomic mass is 19.4. The van der Waals surface area contributed by atoms with E-state index < -0.39 is 106 Å². The molecule has 0 unspecified atom stereocenters. The van der Waals surface area contributed by atoms with Crippen LogP contribution in [0.25, 0.3) is 0 Å². The van der Waals surface area contributed by atoms with Crippen molar-refractivity contribution < 1.29 is 64.1 Å². The quantitative estimate of drug-likeness (QED) is 0.230. The molecule has 0 aromatic heterocycles. The summed E-state index contributed by atoms with van der Waals surface area (Å²) in [6.45, 7) is -6.83. The van der Waals surface area contributed by atoms with E-state index >= 15 is 0 Å². The minimum atomic E-state index is -5.47. The van der Waals surface area contributed by atoms with E-state index in [4.69, 9.17) is 5.21 Å². The number of amides is 3. The number of carbonyl (C=O) groups excluding carboxylic acids is 3. The Balaban J connectivity index is 3.28. The Labute approximate surface area is 196 Å². The van der Waals surface area contributed by atoms with Crippen molar-refractivity contribution in [3.05, 3.63) is 5.21 Å². The van der Waals surface area contributed by atoms with Crippen LogP contribution in [0.3, 0.4) is 0 Å². The highest BCUT2D eigenvalue weighted by molar-refractivity contribution is 5.83. The molecule has 0 aromatic rings. The first-order valence-electron chi connectivity index (χ1n) is 10.0. The van der Waals surface area contributed by atoms with Gasteiger partial charge in [0.15, 0.2) is 0 Å². The Morgan fingerprint density at radius 3 is 1.22 bits per heavy atom. The van der Waals surface area contributed by atoms with Gasteiger partial charge in [-0.3, -0.25) is 14.4 Å². The summed E-state index contributed by atoms with van der Waals surface area (Å²) in [4.78, 5) is 34.9. The third-order valence-electron chi connectivity index (χ3n) is 4.88. The number of alkyl halides is 9. The van der Waals surface area contributed by atoms with Crippen molar-refractivity contribution in [2.75, 3.05) is 52.4 Å². The topological polar surface area (TPSA) is 123 Å². The average molecular weight is 548 g/mol. The molecule has 0 atom stereocenters. The lowest BCUT2D eigenvalue weighted by atomic mass is 10.2. The summed E-state index contributed by atoms with van der Waals surface area (Å²) in [5.41, 5.74) is 0. The Hall–Kier alpha value is -3.22. The highest BCUT2D eigenvalue weighted by Crippen LogP contribution is 2.22. The van der Waals surface area contributed by atoms with Gasteiger partial charge in [-0.25, -0.2) is 0 Å². The summed E-state index contributed by atoms with van der Waals surface area (Å²) in [5.74, 6) is -7.34. The molecular formula is C16H21F9N6O5. The van der Waals surface area contributed by atoms with Crippen molar-refractivity contribution in [1.29, 1.82) is 0 Å². The lowest BCUT2D eigenvalue weighted by molar-refractivity contribution is -0.709. The maximum atomic E-state index is 12.9. The van der Waals surface area contributed by atoms with Gasteiger partial charge in [0.2, 0.25) is 5.28 Å². The molecule has 0 radical (unpaired) electrons. The minimum Gasteiger partial charge on any atom is -0.569 e. The standard InChI is InChI=1S/C16H21F9N6O5/c17-14(18,19)11(32)27-3-1-4-29(13(34)16(23,24)25)9-10-30(31(36)26-35)6-2-5-28(8-7-27)12(33)15(20,21)22/h35H,1-10H2/b31-26-. The van der Waals surface area contributed by atoms with E-state index in [-0.39, 0.29) is 14.7 Å². The van der Waals surface area contributed by atoms with Crippen molar-refractivity contribution in [2.24, 2.45) is 5.28 Å². The summed E-state index contributed by atoms with van der Waals surface area (Å²) in [6.07, 6.45) is -17.4. The van der Waals surface area contributed by atoms with Crippen LogP contribution in [0.15, 0.2) is 5.28 Å². The fourth-order valence-corrected chi connectivity index (χ4v) is 3.20. The first kappa shape index (κ1) is 30.8. The van der Waals surface area contributed by atoms with Crippen LogP contribution >= 0.6 is 0 Å². The first-order chi connectivity index (χ1) is 16.4. The molecule has 1 saturated heterocycles. The smallest absolute Gasteiger partial charge is 0.471 e. The van der Waals surface area contributed by atoms with Gasteiger partial charge in [-0.2, -0.15) is 39.5 Å². The molecule has 1 rings (SSSR count). The molecule has 36 heavy (non-hydrogen) atoms. The van der Waals surface area contributed by atoms with Crippen LogP contribution in [-0.2, 0) is 14.4 Å². The van der Waals surface area contributed by atoms with Gasteiger partial charge in [-0.15, -0.1) is 5.01 Å². The molecule has 20 heteroatoms. The SMILES string of the molecule is O=C(N1CCCN(C(=O)C(F)(F)F)CCN(/[N+]([O-])=N/O)CCCN(C(=O)C(F)(F)F)CC1)C(F)(F)F. The van der Waals surface area contributed by atoms with Crippen molar-refractivity contribution in [2.45, 2.75) is 31.4 Å². The molecule has 11 nitrogen and oxygen atoms in total. The van der Waals surface area contributed by atoms with Crippen LogP contribution in [0.2, 0.25) is 0 Å². The molecule has 1 heterocycles. The second-order valence-electron chi connectivity index (χ2n) is 7.37. The largest absolute Gasteiger partial charge is 0.569 e. The number of hydrogen-bond acceptors (Lipinski definition) is 5. The predicted molar refractivity (Wildman–Crippen MR) is 96.6 cm³/mol. The molecule has 1 fully saturated rings. The molecule has 208 valence electrons. The van der Waals surface area contributed by atoms with E-state index in [1.165, 1.54) is 0 Å². The second kappa shape index (κ2) is 12.2.